The van der Waals surface area contributed by atoms with Crippen LogP contribution in [0.2, 0.25) is 0 Å². The number of hydrogen-bond acceptors (Lipinski definition) is 3. The molecule has 0 fully saturated rings. The van der Waals surface area contributed by atoms with Gasteiger partial charge in [0, 0.05) is 5.69 Å². The Kier molecular flexibility index (Phi) is 6.42. The molecule has 0 aliphatic carbocycles. The summed E-state index contributed by atoms with van der Waals surface area (Å²) in [5, 5.41) is 2.75. The molecular formula is C24H24N2O3. The van der Waals surface area contributed by atoms with Crippen molar-refractivity contribution in [2.24, 2.45) is 0 Å². The van der Waals surface area contributed by atoms with E-state index in [1.54, 1.807) is 13.8 Å². The van der Waals surface area contributed by atoms with E-state index in [1.165, 1.54) is 0 Å². The van der Waals surface area contributed by atoms with Crippen molar-refractivity contribution in [3.63, 3.8) is 0 Å². The smallest absolute Gasteiger partial charge is 0.253 e. The number of benzene rings is 3. The monoisotopic (exact) mass is 388 g/mol. The third-order valence-electron chi connectivity index (χ3n) is 4.71. The van der Waals surface area contributed by atoms with Gasteiger partial charge in [0.2, 0.25) is 0 Å². The standard InChI is InChI=1S/C24H24N2O3/c1-24(2,20-11-7-4-8-12-20)23(28)26-29-17-22(27)25-21-15-13-19(14-16-21)18-9-5-3-6-10-18/h3-16H,17H2,1-2H3,(H,25,27)(H,26,28). The van der Waals surface area contributed by atoms with Crippen LogP contribution in [-0.4, -0.2) is 18.4 Å². The van der Waals surface area contributed by atoms with Gasteiger partial charge < -0.3 is 5.32 Å². The van der Waals surface area contributed by atoms with Crippen LogP contribution in [0.15, 0.2) is 84.9 Å². The molecule has 3 rings (SSSR count). The lowest BCUT2D eigenvalue weighted by atomic mass is 9.84. The predicted octanol–water partition coefficient (Wildman–Crippen LogP) is 4.32. The number of carbonyl (C=O) groups excluding carboxylic acids is 2. The lowest BCUT2D eigenvalue weighted by Gasteiger charge is -2.23. The van der Waals surface area contributed by atoms with E-state index in [9.17, 15) is 9.59 Å². The van der Waals surface area contributed by atoms with E-state index in [0.29, 0.717) is 5.69 Å². The van der Waals surface area contributed by atoms with Gasteiger partial charge in [-0.2, -0.15) is 0 Å². The highest BCUT2D eigenvalue weighted by atomic mass is 16.7. The van der Waals surface area contributed by atoms with E-state index in [-0.39, 0.29) is 18.4 Å². The highest BCUT2D eigenvalue weighted by Crippen LogP contribution is 2.23. The molecule has 5 nitrogen and oxygen atoms in total. The van der Waals surface area contributed by atoms with E-state index in [0.717, 1.165) is 16.7 Å². The second kappa shape index (κ2) is 9.17. The van der Waals surface area contributed by atoms with Crippen molar-refractivity contribution < 1.29 is 14.4 Å². The Hall–Kier alpha value is -3.44. The molecule has 5 heteroatoms. The molecule has 0 spiro atoms. The van der Waals surface area contributed by atoms with Crippen molar-refractivity contribution in [1.29, 1.82) is 0 Å². The summed E-state index contributed by atoms with van der Waals surface area (Å²) in [6, 6.07) is 26.9. The molecule has 0 saturated carbocycles. The molecule has 0 aromatic heterocycles. The van der Waals surface area contributed by atoms with Gasteiger partial charge in [0.15, 0.2) is 6.61 Å². The average molecular weight is 388 g/mol. The average Bonchev–Trinajstić information content (AvgIpc) is 2.75. The molecule has 0 unspecified atom stereocenters. The summed E-state index contributed by atoms with van der Waals surface area (Å²) in [7, 11) is 0. The maximum Gasteiger partial charge on any atom is 0.253 e. The van der Waals surface area contributed by atoms with Crippen LogP contribution in [0.5, 0.6) is 0 Å². The highest BCUT2D eigenvalue weighted by molar-refractivity contribution is 5.92. The second-order valence-corrected chi connectivity index (χ2v) is 7.20. The number of hydrogen-bond donors (Lipinski definition) is 2. The first-order chi connectivity index (χ1) is 14.0. The molecule has 0 atom stereocenters. The molecule has 2 N–H and O–H groups in total. The lowest BCUT2D eigenvalue weighted by molar-refractivity contribution is -0.141. The predicted molar refractivity (Wildman–Crippen MR) is 114 cm³/mol. The molecule has 0 bridgehead atoms. The summed E-state index contributed by atoms with van der Waals surface area (Å²) in [6.45, 7) is 3.32. The van der Waals surface area contributed by atoms with E-state index < -0.39 is 5.41 Å². The number of amides is 2. The Bertz CT molecular complexity index is 952. The summed E-state index contributed by atoms with van der Waals surface area (Å²) in [4.78, 5) is 29.6. The SMILES string of the molecule is CC(C)(C(=O)NOCC(=O)Nc1ccc(-c2ccccc2)cc1)c1ccccc1. The van der Waals surface area contributed by atoms with E-state index >= 15 is 0 Å². The van der Waals surface area contributed by atoms with Gasteiger partial charge in [0.25, 0.3) is 11.8 Å². The third-order valence-corrected chi connectivity index (χ3v) is 4.71. The summed E-state index contributed by atoms with van der Waals surface area (Å²) < 4.78 is 0. The number of rotatable bonds is 7. The first-order valence-corrected chi connectivity index (χ1v) is 9.40. The van der Waals surface area contributed by atoms with Gasteiger partial charge in [0.05, 0.1) is 5.41 Å². The van der Waals surface area contributed by atoms with E-state index in [1.807, 2.05) is 84.9 Å². The number of anilines is 1. The van der Waals surface area contributed by atoms with Crippen LogP contribution in [0.1, 0.15) is 19.4 Å². The van der Waals surface area contributed by atoms with Crippen LogP contribution in [-0.2, 0) is 19.8 Å². The molecule has 2 amide bonds. The first-order valence-electron chi connectivity index (χ1n) is 9.40. The molecule has 29 heavy (non-hydrogen) atoms. The topological polar surface area (TPSA) is 67.4 Å². The van der Waals surface area contributed by atoms with Crippen molar-refractivity contribution in [3.8, 4) is 11.1 Å². The van der Waals surface area contributed by atoms with Gasteiger partial charge in [-0.25, -0.2) is 5.48 Å². The Balaban J connectivity index is 1.48. The quantitative estimate of drug-likeness (QED) is 0.593. The number of carbonyl (C=O) groups is 2. The third kappa shape index (κ3) is 5.30. The summed E-state index contributed by atoms with van der Waals surface area (Å²) in [5.74, 6) is -0.668. The highest BCUT2D eigenvalue weighted by Gasteiger charge is 2.29. The molecule has 0 saturated heterocycles. The van der Waals surface area contributed by atoms with Crippen molar-refractivity contribution >= 4 is 17.5 Å². The number of hydroxylamine groups is 1. The normalized spacial score (nSPS) is 11.0. The molecular weight excluding hydrogens is 364 g/mol. The van der Waals surface area contributed by atoms with Gasteiger partial charge in [-0.1, -0.05) is 72.8 Å². The first kappa shape index (κ1) is 20.3. The Morgan fingerprint density at radius 2 is 1.34 bits per heavy atom. The van der Waals surface area contributed by atoms with Gasteiger partial charge in [-0.05, 0) is 42.7 Å². The molecule has 0 radical (unpaired) electrons. The van der Waals surface area contributed by atoms with Crippen molar-refractivity contribution in [2.45, 2.75) is 19.3 Å². The van der Waals surface area contributed by atoms with Crippen molar-refractivity contribution in [3.05, 3.63) is 90.5 Å². The molecule has 148 valence electrons. The molecule has 3 aromatic rings. The maximum atomic E-state index is 12.4. The van der Waals surface area contributed by atoms with Gasteiger partial charge in [-0.15, -0.1) is 0 Å². The fourth-order valence-corrected chi connectivity index (χ4v) is 2.85. The minimum Gasteiger partial charge on any atom is -0.324 e. The number of nitrogens with one attached hydrogen (secondary N) is 2. The van der Waals surface area contributed by atoms with Crippen LogP contribution in [0.25, 0.3) is 11.1 Å². The Labute approximate surface area is 170 Å². The Morgan fingerprint density at radius 3 is 1.97 bits per heavy atom. The maximum absolute atomic E-state index is 12.4. The zero-order chi connectivity index (χ0) is 20.7. The van der Waals surface area contributed by atoms with Crippen LogP contribution in [0.3, 0.4) is 0 Å². The van der Waals surface area contributed by atoms with E-state index in [4.69, 9.17) is 4.84 Å². The Morgan fingerprint density at radius 1 is 0.793 bits per heavy atom. The van der Waals surface area contributed by atoms with Crippen LogP contribution < -0.4 is 10.8 Å². The van der Waals surface area contributed by atoms with Gasteiger partial charge in [-0.3, -0.25) is 14.4 Å². The second-order valence-electron chi connectivity index (χ2n) is 7.20. The molecule has 0 aliphatic rings. The van der Waals surface area contributed by atoms with Crippen LogP contribution in [0.4, 0.5) is 5.69 Å². The fourth-order valence-electron chi connectivity index (χ4n) is 2.85. The van der Waals surface area contributed by atoms with Crippen molar-refractivity contribution in [2.75, 3.05) is 11.9 Å². The molecule has 0 heterocycles. The zero-order valence-corrected chi connectivity index (χ0v) is 16.5. The van der Waals surface area contributed by atoms with Crippen LogP contribution in [0, 0.1) is 0 Å². The van der Waals surface area contributed by atoms with Gasteiger partial charge in [0.1, 0.15) is 0 Å². The summed E-state index contributed by atoms with van der Waals surface area (Å²) >= 11 is 0. The van der Waals surface area contributed by atoms with Crippen LogP contribution >= 0.6 is 0 Å². The lowest BCUT2D eigenvalue weighted by Crippen LogP contribution is -2.41. The van der Waals surface area contributed by atoms with E-state index in [2.05, 4.69) is 10.8 Å². The molecule has 0 aliphatic heterocycles. The largest absolute Gasteiger partial charge is 0.324 e. The van der Waals surface area contributed by atoms with Gasteiger partial charge >= 0.3 is 0 Å². The minimum absolute atomic E-state index is 0.281. The summed E-state index contributed by atoms with van der Waals surface area (Å²) in [5.41, 5.74) is 5.30. The van der Waals surface area contributed by atoms with Crippen molar-refractivity contribution in [1.82, 2.24) is 5.48 Å². The minimum atomic E-state index is -0.773. The fraction of sp³-hybridized carbons (Fsp3) is 0.167. The zero-order valence-electron chi connectivity index (χ0n) is 16.5. The molecule has 3 aromatic carbocycles. The summed E-state index contributed by atoms with van der Waals surface area (Å²) in [6.07, 6.45) is 0.